The highest BCUT2D eigenvalue weighted by Gasteiger charge is 2.30. The minimum Gasteiger partial charge on any atom is -0.496 e. The van der Waals surface area contributed by atoms with E-state index >= 15 is 0 Å². The predicted molar refractivity (Wildman–Crippen MR) is 130 cm³/mol. The van der Waals surface area contributed by atoms with Crippen molar-refractivity contribution in [3.05, 3.63) is 72.3 Å². The summed E-state index contributed by atoms with van der Waals surface area (Å²) in [7, 11) is -2.44. The maximum absolute atomic E-state index is 13.4. The Morgan fingerprint density at radius 3 is 2.65 bits per heavy atom. The first-order chi connectivity index (χ1) is 16.3. The third-order valence-electron chi connectivity index (χ3n) is 5.76. The van der Waals surface area contributed by atoms with Crippen molar-refractivity contribution in [2.45, 2.75) is 36.6 Å². The number of carbonyl (C=O) groups excluding carboxylic acids is 2. The van der Waals surface area contributed by atoms with Crippen LogP contribution in [0.5, 0.6) is 5.75 Å². The van der Waals surface area contributed by atoms with Crippen LogP contribution in [0.25, 0.3) is 0 Å². The van der Waals surface area contributed by atoms with Crippen LogP contribution in [0, 0.1) is 0 Å². The molecule has 2 N–H and O–H groups in total. The van der Waals surface area contributed by atoms with Crippen molar-refractivity contribution >= 4 is 21.8 Å². The quantitative estimate of drug-likeness (QED) is 0.531. The van der Waals surface area contributed by atoms with E-state index in [1.54, 1.807) is 0 Å². The number of amides is 2. The lowest BCUT2D eigenvalue weighted by Gasteiger charge is -2.24. The highest BCUT2D eigenvalue weighted by molar-refractivity contribution is 7.89. The number of hydrogen-bond acceptors (Lipinski definition) is 5. The predicted octanol–water partition coefficient (Wildman–Crippen LogP) is 2.51. The van der Waals surface area contributed by atoms with Crippen molar-refractivity contribution in [2.24, 2.45) is 0 Å². The van der Waals surface area contributed by atoms with E-state index in [2.05, 4.69) is 17.2 Å². The summed E-state index contributed by atoms with van der Waals surface area (Å²) in [6.07, 6.45) is 4.05. The summed E-state index contributed by atoms with van der Waals surface area (Å²) in [4.78, 5) is 24.4. The summed E-state index contributed by atoms with van der Waals surface area (Å²) in [6.45, 7) is 4.42. The Labute approximate surface area is 201 Å². The van der Waals surface area contributed by atoms with Gasteiger partial charge in [0.25, 0.3) is 5.91 Å². The Morgan fingerprint density at radius 1 is 1.18 bits per heavy atom. The van der Waals surface area contributed by atoms with Gasteiger partial charge >= 0.3 is 0 Å². The SMILES string of the molecule is C=CC(=O)NC1CCCCN(S(=O)(=O)c2ccc(C(=O)NCCc3ccccc3)c(OC)c2)C1. The van der Waals surface area contributed by atoms with Crippen LogP contribution >= 0.6 is 0 Å². The molecule has 182 valence electrons. The zero-order valence-corrected chi connectivity index (χ0v) is 20.1. The minimum atomic E-state index is -3.84. The van der Waals surface area contributed by atoms with E-state index in [-0.39, 0.29) is 40.6 Å². The first-order valence-corrected chi connectivity index (χ1v) is 12.7. The Kier molecular flexibility index (Phi) is 8.84. The van der Waals surface area contributed by atoms with Crippen LogP contribution in [0.3, 0.4) is 0 Å². The van der Waals surface area contributed by atoms with E-state index in [1.807, 2.05) is 30.3 Å². The number of sulfonamides is 1. The molecule has 0 aliphatic carbocycles. The number of methoxy groups -OCH3 is 1. The highest BCUT2D eigenvalue weighted by atomic mass is 32.2. The molecule has 0 saturated carbocycles. The minimum absolute atomic E-state index is 0.0425. The maximum Gasteiger partial charge on any atom is 0.255 e. The molecule has 2 aromatic rings. The first kappa shape index (κ1) is 25.5. The number of nitrogens with zero attached hydrogens (tertiary/aromatic N) is 1. The number of benzene rings is 2. The second-order valence-corrected chi connectivity index (χ2v) is 10.1. The molecular weight excluding hydrogens is 454 g/mol. The van der Waals surface area contributed by atoms with Gasteiger partial charge in [0.2, 0.25) is 15.9 Å². The molecule has 1 fully saturated rings. The number of rotatable bonds is 9. The van der Waals surface area contributed by atoms with Crippen molar-refractivity contribution in [3.63, 3.8) is 0 Å². The molecule has 1 aliphatic heterocycles. The average Bonchev–Trinajstić information content (AvgIpc) is 3.10. The normalized spacial score (nSPS) is 16.8. The van der Waals surface area contributed by atoms with Gasteiger partial charge in [-0.2, -0.15) is 4.31 Å². The monoisotopic (exact) mass is 485 g/mol. The van der Waals surface area contributed by atoms with Crippen LogP contribution in [0.15, 0.2) is 66.1 Å². The first-order valence-electron chi connectivity index (χ1n) is 11.3. The average molecular weight is 486 g/mol. The number of carbonyl (C=O) groups is 2. The van der Waals surface area contributed by atoms with Crippen molar-refractivity contribution in [3.8, 4) is 5.75 Å². The molecule has 0 radical (unpaired) electrons. The van der Waals surface area contributed by atoms with Crippen LogP contribution in [0.2, 0.25) is 0 Å². The molecule has 1 unspecified atom stereocenters. The lowest BCUT2D eigenvalue weighted by molar-refractivity contribution is -0.117. The zero-order valence-electron chi connectivity index (χ0n) is 19.3. The van der Waals surface area contributed by atoms with Crippen LogP contribution in [-0.2, 0) is 21.2 Å². The van der Waals surface area contributed by atoms with Gasteiger partial charge in [0, 0.05) is 31.7 Å². The number of nitrogens with one attached hydrogen (secondary N) is 2. The van der Waals surface area contributed by atoms with Crippen molar-refractivity contribution in [1.82, 2.24) is 14.9 Å². The standard InChI is InChI=1S/C25H31N3O5S/c1-3-24(29)27-20-11-7-8-16-28(18-20)34(31,32)21-12-13-22(23(17-21)33-2)25(30)26-15-14-19-9-5-4-6-10-19/h3-6,9-10,12-13,17,20H,1,7-8,11,14-16,18H2,2H3,(H,26,30)(H,27,29). The third kappa shape index (κ3) is 6.45. The lowest BCUT2D eigenvalue weighted by atomic mass is 10.1. The van der Waals surface area contributed by atoms with Crippen molar-refractivity contribution < 1.29 is 22.7 Å². The Bertz CT molecular complexity index is 1120. The van der Waals surface area contributed by atoms with Crippen molar-refractivity contribution in [2.75, 3.05) is 26.7 Å². The van der Waals surface area contributed by atoms with E-state index in [0.29, 0.717) is 32.4 Å². The fourth-order valence-corrected chi connectivity index (χ4v) is 5.47. The maximum atomic E-state index is 13.4. The van der Waals surface area contributed by atoms with Gasteiger partial charge in [-0.25, -0.2) is 8.42 Å². The highest BCUT2D eigenvalue weighted by Crippen LogP contribution is 2.27. The largest absolute Gasteiger partial charge is 0.496 e. The topological polar surface area (TPSA) is 105 Å². The van der Waals surface area contributed by atoms with E-state index < -0.39 is 10.0 Å². The smallest absolute Gasteiger partial charge is 0.255 e. The third-order valence-corrected chi connectivity index (χ3v) is 7.62. The molecule has 2 amide bonds. The molecule has 8 nitrogen and oxygen atoms in total. The van der Waals surface area contributed by atoms with Gasteiger partial charge < -0.3 is 15.4 Å². The molecule has 34 heavy (non-hydrogen) atoms. The summed E-state index contributed by atoms with van der Waals surface area (Å²) in [5, 5.41) is 5.65. The Morgan fingerprint density at radius 2 is 1.94 bits per heavy atom. The fraction of sp³-hybridized carbons (Fsp3) is 0.360. The Balaban J connectivity index is 1.73. The summed E-state index contributed by atoms with van der Waals surface area (Å²) in [5.41, 5.74) is 1.37. The molecule has 3 rings (SSSR count). The van der Waals surface area contributed by atoms with Gasteiger partial charge in [-0.3, -0.25) is 9.59 Å². The van der Waals surface area contributed by atoms with Gasteiger partial charge in [-0.1, -0.05) is 43.3 Å². The van der Waals surface area contributed by atoms with Gasteiger partial charge in [0.15, 0.2) is 0 Å². The summed E-state index contributed by atoms with van der Waals surface area (Å²) < 4.78 is 33.4. The van der Waals surface area contributed by atoms with Crippen LogP contribution < -0.4 is 15.4 Å². The molecule has 9 heteroatoms. The molecule has 1 saturated heterocycles. The van der Waals surface area contributed by atoms with E-state index in [1.165, 1.54) is 35.7 Å². The molecule has 1 atom stereocenters. The second-order valence-electron chi connectivity index (χ2n) is 8.12. The van der Waals surface area contributed by atoms with Crippen LogP contribution in [0.4, 0.5) is 0 Å². The zero-order chi connectivity index (χ0) is 24.6. The van der Waals surface area contributed by atoms with Crippen LogP contribution in [-0.4, -0.2) is 57.3 Å². The molecular formula is C25H31N3O5S. The van der Waals surface area contributed by atoms with Gasteiger partial charge in [0.05, 0.1) is 17.6 Å². The van der Waals surface area contributed by atoms with Crippen molar-refractivity contribution in [1.29, 1.82) is 0 Å². The molecule has 1 aliphatic rings. The second kappa shape index (κ2) is 11.8. The molecule has 2 aromatic carbocycles. The van der Waals surface area contributed by atoms with E-state index in [9.17, 15) is 18.0 Å². The number of hydrogen-bond donors (Lipinski definition) is 2. The van der Waals surface area contributed by atoms with Gasteiger partial charge in [0.1, 0.15) is 5.75 Å². The Hall–Kier alpha value is -3.17. The summed E-state index contributed by atoms with van der Waals surface area (Å²) in [5.74, 6) is -0.475. The summed E-state index contributed by atoms with van der Waals surface area (Å²) >= 11 is 0. The molecule has 0 spiro atoms. The van der Waals surface area contributed by atoms with E-state index in [0.717, 1.165) is 12.0 Å². The lowest BCUT2D eigenvalue weighted by Crippen LogP contribution is -2.44. The van der Waals surface area contributed by atoms with Gasteiger partial charge in [-0.05, 0) is 43.0 Å². The molecule has 1 heterocycles. The number of ether oxygens (including phenoxy) is 1. The fourth-order valence-electron chi connectivity index (χ4n) is 3.93. The van der Waals surface area contributed by atoms with E-state index in [4.69, 9.17) is 4.74 Å². The van der Waals surface area contributed by atoms with Gasteiger partial charge in [-0.15, -0.1) is 0 Å². The summed E-state index contributed by atoms with van der Waals surface area (Å²) in [6, 6.07) is 13.8. The molecule has 0 bridgehead atoms. The van der Waals surface area contributed by atoms with Crippen LogP contribution in [0.1, 0.15) is 35.2 Å². The molecule has 0 aromatic heterocycles.